The number of ether oxygens (including phenoxy) is 2. The molecule has 5 rings (SSSR count). The van der Waals surface area contributed by atoms with E-state index in [1.165, 1.54) is 12.1 Å². The third-order valence-corrected chi connectivity index (χ3v) is 7.92. The van der Waals surface area contributed by atoms with Gasteiger partial charge in [-0.25, -0.2) is 9.37 Å². The number of likely N-dealkylation sites (tertiary alicyclic amines) is 1. The Hall–Kier alpha value is -3.81. The van der Waals surface area contributed by atoms with Crippen molar-refractivity contribution in [2.45, 2.75) is 38.3 Å². The van der Waals surface area contributed by atoms with Crippen molar-refractivity contribution in [1.82, 2.24) is 9.88 Å². The molecule has 1 fully saturated rings. The lowest BCUT2D eigenvalue weighted by molar-refractivity contribution is 0.0528. The number of carbonyl (C=O) groups excluding carboxylic acids is 1. The van der Waals surface area contributed by atoms with Gasteiger partial charge in [-0.1, -0.05) is 53.5 Å². The van der Waals surface area contributed by atoms with E-state index >= 15 is 0 Å². The van der Waals surface area contributed by atoms with E-state index in [4.69, 9.17) is 38.4 Å². The fourth-order valence-electron chi connectivity index (χ4n) is 4.99. The lowest BCUT2D eigenvalue weighted by Gasteiger charge is -2.35. The van der Waals surface area contributed by atoms with E-state index < -0.39 is 11.9 Å². The molecule has 2 N–H and O–H groups in total. The molecule has 6 nitrogen and oxygen atoms in total. The number of benzene rings is 3. The highest BCUT2D eigenvalue weighted by Gasteiger charge is 2.28. The van der Waals surface area contributed by atoms with Gasteiger partial charge in [0.2, 0.25) is 0 Å². The minimum Gasteiger partial charge on any atom is -0.491 e. The minimum atomic E-state index is -0.687. The van der Waals surface area contributed by atoms with Gasteiger partial charge in [-0.2, -0.15) is 0 Å². The van der Waals surface area contributed by atoms with Crippen molar-refractivity contribution in [2.24, 2.45) is 0 Å². The number of anilines is 1. The number of hydrogen-bond acceptors (Lipinski definition) is 5. The Kier molecular flexibility index (Phi) is 8.96. The standard InChI is InChI=1S/C32H30Cl2FN3O3/c1-20(29-26(33)14-15-27(35)30(29)34)41-28-17-23(18-37-31(28)36)21-10-12-22(13-11-21)32(39)38-16-6-5-7-24(38)19-40-25-8-3-2-4-9-25/h2-4,8-15,17-18,20,24H,5-7,16,19H2,1H3,(H2,36,37)/t20?,24-/m1/s1. The first-order valence-electron chi connectivity index (χ1n) is 13.5. The molecule has 1 unspecified atom stereocenters. The molecule has 2 heterocycles. The number of nitrogens with zero attached hydrogens (tertiary/aromatic N) is 2. The number of hydrogen-bond donors (Lipinski definition) is 1. The SMILES string of the molecule is CC(Oc1cc(-c2ccc(C(=O)N3CCCC[C@@H]3COc3ccccc3)cc2)cnc1N)c1c(Cl)ccc(F)c1Cl. The van der Waals surface area contributed by atoms with Crippen molar-refractivity contribution >= 4 is 34.9 Å². The summed E-state index contributed by atoms with van der Waals surface area (Å²) in [7, 11) is 0. The molecule has 1 amide bonds. The number of piperidine rings is 1. The van der Waals surface area contributed by atoms with E-state index in [9.17, 15) is 9.18 Å². The van der Waals surface area contributed by atoms with Gasteiger partial charge in [0.05, 0.1) is 11.1 Å². The van der Waals surface area contributed by atoms with Crippen molar-refractivity contribution < 1.29 is 18.7 Å². The maximum Gasteiger partial charge on any atom is 0.254 e. The molecule has 0 spiro atoms. The number of pyridine rings is 1. The van der Waals surface area contributed by atoms with Gasteiger partial charge < -0.3 is 20.1 Å². The number of nitrogen functional groups attached to an aromatic ring is 1. The van der Waals surface area contributed by atoms with Crippen molar-refractivity contribution in [3.05, 3.63) is 106 Å². The summed E-state index contributed by atoms with van der Waals surface area (Å²) in [6, 6.07) is 21.4. The van der Waals surface area contributed by atoms with E-state index in [0.29, 0.717) is 30.0 Å². The monoisotopic (exact) mass is 593 g/mol. The molecule has 2 atom stereocenters. The van der Waals surface area contributed by atoms with Crippen LogP contribution in [-0.2, 0) is 0 Å². The zero-order chi connectivity index (χ0) is 28.9. The van der Waals surface area contributed by atoms with Gasteiger partial charge in [-0.15, -0.1) is 0 Å². The first-order valence-corrected chi connectivity index (χ1v) is 14.2. The van der Waals surface area contributed by atoms with Crippen LogP contribution in [0.2, 0.25) is 10.0 Å². The third kappa shape index (κ3) is 6.58. The van der Waals surface area contributed by atoms with Crippen LogP contribution in [0, 0.1) is 5.82 Å². The number of amides is 1. The second-order valence-electron chi connectivity index (χ2n) is 9.97. The fourth-order valence-corrected chi connectivity index (χ4v) is 5.67. The second kappa shape index (κ2) is 12.8. The zero-order valence-electron chi connectivity index (χ0n) is 22.5. The van der Waals surface area contributed by atoms with Crippen LogP contribution >= 0.6 is 23.2 Å². The number of para-hydroxylation sites is 1. The summed E-state index contributed by atoms with van der Waals surface area (Å²) >= 11 is 12.4. The van der Waals surface area contributed by atoms with Crippen molar-refractivity contribution in [3.63, 3.8) is 0 Å². The topological polar surface area (TPSA) is 77.7 Å². The minimum absolute atomic E-state index is 0.0132. The number of carbonyl (C=O) groups is 1. The smallest absolute Gasteiger partial charge is 0.254 e. The van der Waals surface area contributed by atoms with Gasteiger partial charge in [0.25, 0.3) is 5.91 Å². The summed E-state index contributed by atoms with van der Waals surface area (Å²) in [5.41, 5.74) is 8.58. The summed E-state index contributed by atoms with van der Waals surface area (Å²) in [4.78, 5) is 19.7. The first kappa shape index (κ1) is 28.7. The second-order valence-corrected chi connectivity index (χ2v) is 10.8. The number of halogens is 3. The largest absolute Gasteiger partial charge is 0.491 e. The van der Waals surface area contributed by atoms with Crippen molar-refractivity contribution in [2.75, 3.05) is 18.9 Å². The number of nitrogens with two attached hydrogens (primary N) is 1. The molecular weight excluding hydrogens is 564 g/mol. The van der Waals surface area contributed by atoms with Gasteiger partial charge in [-0.05, 0) is 74.2 Å². The van der Waals surface area contributed by atoms with Gasteiger partial charge in [-0.3, -0.25) is 4.79 Å². The normalized spacial score (nSPS) is 15.8. The molecule has 1 saturated heterocycles. The Morgan fingerprint density at radius 2 is 1.83 bits per heavy atom. The molecule has 3 aromatic carbocycles. The highest BCUT2D eigenvalue weighted by atomic mass is 35.5. The molecule has 0 radical (unpaired) electrons. The van der Waals surface area contributed by atoms with Gasteiger partial charge in [0.1, 0.15) is 24.3 Å². The lowest BCUT2D eigenvalue weighted by atomic mass is 10.00. The summed E-state index contributed by atoms with van der Waals surface area (Å²) < 4.78 is 26.0. The van der Waals surface area contributed by atoms with Crippen LogP contribution in [0.3, 0.4) is 0 Å². The molecule has 4 aromatic rings. The average molecular weight is 595 g/mol. The highest BCUT2D eigenvalue weighted by molar-refractivity contribution is 6.36. The van der Waals surface area contributed by atoms with Crippen LogP contribution < -0.4 is 15.2 Å². The average Bonchev–Trinajstić information content (AvgIpc) is 3.00. The fraction of sp³-hybridized carbons (Fsp3) is 0.250. The van der Waals surface area contributed by atoms with Crippen LogP contribution in [0.25, 0.3) is 11.1 Å². The molecule has 212 valence electrons. The predicted octanol–water partition coefficient (Wildman–Crippen LogP) is 7.99. The summed E-state index contributed by atoms with van der Waals surface area (Å²) in [6.45, 7) is 2.86. The van der Waals surface area contributed by atoms with E-state index in [-0.39, 0.29) is 27.8 Å². The zero-order valence-corrected chi connectivity index (χ0v) is 24.0. The Morgan fingerprint density at radius 3 is 2.59 bits per heavy atom. The number of aromatic nitrogens is 1. The summed E-state index contributed by atoms with van der Waals surface area (Å²) in [5.74, 6) is 0.670. The van der Waals surface area contributed by atoms with E-state index in [2.05, 4.69) is 4.98 Å². The quantitative estimate of drug-likeness (QED) is 0.209. The van der Waals surface area contributed by atoms with Crippen LogP contribution in [0.15, 0.2) is 79.0 Å². The summed E-state index contributed by atoms with van der Waals surface area (Å²) in [5, 5.41) is 0.185. The van der Waals surface area contributed by atoms with Crippen LogP contribution in [0.1, 0.15) is 48.2 Å². The molecule has 0 aliphatic carbocycles. The maximum atomic E-state index is 14.0. The van der Waals surface area contributed by atoms with Gasteiger partial charge >= 0.3 is 0 Å². The maximum absolute atomic E-state index is 14.0. The van der Waals surface area contributed by atoms with Crippen LogP contribution in [0.4, 0.5) is 10.2 Å². The molecular formula is C32H30Cl2FN3O3. The van der Waals surface area contributed by atoms with E-state index in [1.54, 1.807) is 19.2 Å². The Morgan fingerprint density at radius 1 is 1.07 bits per heavy atom. The van der Waals surface area contributed by atoms with Crippen LogP contribution in [-0.4, -0.2) is 35.0 Å². The van der Waals surface area contributed by atoms with Gasteiger partial charge in [0.15, 0.2) is 11.6 Å². The molecule has 9 heteroatoms. The Bertz CT molecular complexity index is 1520. The number of rotatable bonds is 8. The lowest BCUT2D eigenvalue weighted by Crippen LogP contribution is -2.46. The molecule has 1 aromatic heterocycles. The molecule has 1 aliphatic rings. The Balaban J connectivity index is 1.30. The molecule has 0 saturated carbocycles. The highest BCUT2D eigenvalue weighted by Crippen LogP contribution is 2.37. The van der Waals surface area contributed by atoms with Crippen molar-refractivity contribution in [1.29, 1.82) is 0 Å². The molecule has 0 bridgehead atoms. The van der Waals surface area contributed by atoms with Gasteiger partial charge in [0, 0.05) is 34.5 Å². The molecule has 1 aliphatic heterocycles. The predicted molar refractivity (Wildman–Crippen MR) is 160 cm³/mol. The van der Waals surface area contributed by atoms with Crippen LogP contribution in [0.5, 0.6) is 11.5 Å². The summed E-state index contributed by atoms with van der Waals surface area (Å²) in [6.07, 6.45) is 3.88. The van der Waals surface area contributed by atoms with E-state index in [0.717, 1.165) is 36.1 Å². The third-order valence-electron chi connectivity index (χ3n) is 7.21. The Labute approximate surface area is 248 Å². The van der Waals surface area contributed by atoms with Crippen molar-refractivity contribution in [3.8, 4) is 22.6 Å². The van der Waals surface area contributed by atoms with E-state index in [1.807, 2.05) is 59.5 Å². The molecule has 41 heavy (non-hydrogen) atoms. The first-order chi connectivity index (χ1) is 19.8.